The maximum absolute atomic E-state index is 5.73. The van der Waals surface area contributed by atoms with E-state index in [1.807, 2.05) is 0 Å². The largest absolute Gasteiger partial charge is 0.492 e. The van der Waals surface area contributed by atoms with Crippen LogP contribution in [0.25, 0.3) is 0 Å². The fourth-order valence-electron chi connectivity index (χ4n) is 1.92. The average Bonchev–Trinajstić information content (AvgIpc) is 2.80. The zero-order chi connectivity index (χ0) is 10.5. The molecule has 0 aromatic heterocycles. The molecule has 1 aromatic rings. The molecule has 0 unspecified atom stereocenters. The molecule has 0 amide bonds. The molecule has 1 aromatic carbocycles. The van der Waals surface area contributed by atoms with Crippen LogP contribution in [0.2, 0.25) is 0 Å². The molecular weight excluding hydrogens is 226 g/mol. The van der Waals surface area contributed by atoms with Crippen molar-refractivity contribution >= 4 is 0 Å². The van der Waals surface area contributed by atoms with Gasteiger partial charge in [-0.2, -0.15) is 0 Å². The number of hydrogen-bond acceptors (Lipinski definition) is 2. The Morgan fingerprint density at radius 2 is 2.06 bits per heavy atom. The van der Waals surface area contributed by atoms with Crippen LogP contribution in [0.15, 0.2) is 24.3 Å². The van der Waals surface area contributed by atoms with Gasteiger partial charge in [-0.1, -0.05) is 19.1 Å². The van der Waals surface area contributed by atoms with Crippen LogP contribution in [0, 0.1) is 37.7 Å². The second-order valence-electron chi connectivity index (χ2n) is 4.10. The fourth-order valence-corrected chi connectivity index (χ4v) is 1.92. The van der Waals surface area contributed by atoms with E-state index in [2.05, 4.69) is 36.5 Å². The van der Waals surface area contributed by atoms with Gasteiger partial charge in [0.2, 0.25) is 0 Å². The summed E-state index contributed by atoms with van der Waals surface area (Å²) in [5.41, 5.74) is 1.36. The van der Waals surface area contributed by atoms with Crippen molar-refractivity contribution in [2.24, 2.45) is 0 Å². The first-order chi connectivity index (χ1) is 7.38. The molecule has 0 aliphatic carbocycles. The molecule has 0 saturated carbocycles. The van der Waals surface area contributed by atoms with E-state index in [-0.39, 0.29) is 37.7 Å². The molecule has 1 atom stereocenters. The third kappa shape index (κ3) is 4.25. The normalized spacial score (nSPS) is 19.2. The van der Waals surface area contributed by atoms with E-state index in [0.29, 0.717) is 6.04 Å². The quantitative estimate of drug-likeness (QED) is 0.879. The molecule has 90 valence electrons. The topological polar surface area (TPSA) is 21.3 Å². The Kier molecular flexibility index (Phi) is 6.74. The minimum Gasteiger partial charge on any atom is -0.492 e. The number of ether oxygens (including phenoxy) is 1. The zero-order valence-electron chi connectivity index (χ0n) is 9.68. The van der Waals surface area contributed by atoms with Crippen molar-refractivity contribution in [3.63, 3.8) is 0 Å². The van der Waals surface area contributed by atoms with Gasteiger partial charge in [-0.15, -0.1) is 0 Å². The summed E-state index contributed by atoms with van der Waals surface area (Å²) in [7, 11) is 0. The van der Waals surface area contributed by atoms with Crippen LogP contribution in [0.4, 0.5) is 0 Å². The Bertz CT molecular complexity index is 293. The molecule has 2 nitrogen and oxygen atoms in total. The molecule has 0 spiro atoms. The second kappa shape index (κ2) is 7.54. The standard InChI is InChI=1S/C13H19NO.Ar/c1-2-11-5-7-13(8-6-11)15-10-12-4-3-9-14-12;/h5-8,12,14H,2-4,9-10H2,1H3;/t12-;/m1./s1. The molecule has 3 heteroatoms. The Hall–Kier alpha value is 0.240. The minimum absolute atomic E-state index is 0. The summed E-state index contributed by atoms with van der Waals surface area (Å²) in [6.07, 6.45) is 3.61. The average molecular weight is 245 g/mol. The monoisotopic (exact) mass is 245 g/mol. The minimum atomic E-state index is 0. The van der Waals surface area contributed by atoms with Crippen molar-refractivity contribution in [3.8, 4) is 5.75 Å². The van der Waals surface area contributed by atoms with Gasteiger partial charge < -0.3 is 10.1 Å². The van der Waals surface area contributed by atoms with E-state index >= 15 is 0 Å². The number of rotatable bonds is 4. The molecule has 1 N–H and O–H groups in total. The number of benzene rings is 1. The van der Waals surface area contributed by atoms with Crippen LogP contribution in [0.1, 0.15) is 25.3 Å². The molecule has 0 bridgehead atoms. The maximum Gasteiger partial charge on any atom is 0.119 e. The van der Waals surface area contributed by atoms with Gasteiger partial charge in [0.25, 0.3) is 0 Å². The summed E-state index contributed by atoms with van der Waals surface area (Å²) >= 11 is 0. The molecule has 1 aliphatic heterocycles. The van der Waals surface area contributed by atoms with Gasteiger partial charge in [0.15, 0.2) is 0 Å². The number of nitrogens with one attached hydrogen (secondary N) is 1. The Labute approximate surface area is 128 Å². The van der Waals surface area contributed by atoms with E-state index in [4.69, 9.17) is 4.74 Å². The first-order valence-electron chi connectivity index (χ1n) is 5.83. The first kappa shape index (κ1) is 14.3. The van der Waals surface area contributed by atoms with Crippen molar-refractivity contribution in [1.82, 2.24) is 5.32 Å². The Morgan fingerprint density at radius 3 is 2.62 bits per heavy atom. The van der Waals surface area contributed by atoms with Gasteiger partial charge in [-0.3, -0.25) is 0 Å². The van der Waals surface area contributed by atoms with E-state index in [9.17, 15) is 0 Å². The third-order valence-corrected chi connectivity index (χ3v) is 2.95. The van der Waals surface area contributed by atoms with Gasteiger partial charge in [-0.25, -0.2) is 0 Å². The van der Waals surface area contributed by atoms with Crippen LogP contribution in [0.5, 0.6) is 5.75 Å². The van der Waals surface area contributed by atoms with Crippen LogP contribution in [-0.4, -0.2) is 19.2 Å². The van der Waals surface area contributed by atoms with Crippen molar-refractivity contribution in [2.45, 2.75) is 32.2 Å². The van der Waals surface area contributed by atoms with Crippen LogP contribution in [-0.2, 0) is 6.42 Å². The van der Waals surface area contributed by atoms with E-state index < -0.39 is 0 Å². The van der Waals surface area contributed by atoms with Crippen LogP contribution in [0.3, 0.4) is 0 Å². The number of hydrogen-bond donors (Lipinski definition) is 1. The second-order valence-corrected chi connectivity index (χ2v) is 4.10. The number of aryl methyl sites for hydroxylation is 1. The van der Waals surface area contributed by atoms with E-state index in [1.54, 1.807) is 0 Å². The molecule has 1 aliphatic rings. The van der Waals surface area contributed by atoms with Gasteiger partial charge in [0.05, 0.1) is 0 Å². The predicted molar refractivity (Wildman–Crippen MR) is 62.3 cm³/mol. The Morgan fingerprint density at radius 1 is 1.31 bits per heavy atom. The summed E-state index contributed by atoms with van der Waals surface area (Å²) in [5, 5.41) is 3.42. The molecule has 2 rings (SSSR count). The summed E-state index contributed by atoms with van der Waals surface area (Å²) in [5.74, 6) is 0.987. The smallest absolute Gasteiger partial charge is 0.119 e. The van der Waals surface area contributed by atoms with Crippen LogP contribution < -0.4 is 10.1 Å². The van der Waals surface area contributed by atoms with Crippen molar-refractivity contribution < 1.29 is 42.5 Å². The fraction of sp³-hybridized carbons (Fsp3) is 0.538. The van der Waals surface area contributed by atoms with Crippen molar-refractivity contribution in [2.75, 3.05) is 13.2 Å². The predicted octanol–water partition coefficient (Wildman–Crippen LogP) is 2.38. The summed E-state index contributed by atoms with van der Waals surface area (Å²) in [6, 6.07) is 8.95. The van der Waals surface area contributed by atoms with Gasteiger partial charge >= 0.3 is 0 Å². The van der Waals surface area contributed by atoms with Crippen molar-refractivity contribution in [3.05, 3.63) is 29.8 Å². The van der Waals surface area contributed by atoms with Gasteiger partial charge in [0, 0.05) is 43.8 Å². The molecular formula is C13H19ArNO. The summed E-state index contributed by atoms with van der Waals surface area (Å²) in [6.45, 7) is 4.10. The van der Waals surface area contributed by atoms with Crippen LogP contribution >= 0.6 is 0 Å². The molecule has 1 heterocycles. The third-order valence-electron chi connectivity index (χ3n) is 2.95. The first-order valence-corrected chi connectivity index (χ1v) is 5.83. The summed E-state index contributed by atoms with van der Waals surface area (Å²) in [4.78, 5) is 0. The molecule has 0 radical (unpaired) electrons. The van der Waals surface area contributed by atoms with Gasteiger partial charge in [0.1, 0.15) is 12.4 Å². The SMILES string of the molecule is CCc1ccc(OC[C@H]2CCCN2)cc1.[Ar]. The maximum atomic E-state index is 5.73. The molecule has 1 saturated heterocycles. The molecule has 16 heavy (non-hydrogen) atoms. The summed E-state index contributed by atoms with van der Waals surface area (Å²) < 4.78 is 5.73. The van der Waals surface area contributed by atoms with Gasteiger partial charge in [-0.05, 0) is 43.5 Å². The Balaban J connectivity index is 0.00000128. The van der Waals surface area contributed by atoms with E-state index in [1.165, 1.54) is 18.4 Å². The molecule has 1 fully saturated rings. The van der Waals surface area contributed by atoms with E-state index in [0.717, 1.165) is 25.3 Å². The zero-order valence-corrected chi connectivity index (χ0v) is 10.4. The van der Waals surface area contributed by atoms with Crippen molar-refractivity contribution in [1.29, 1.82) is 0 Å².